The molecule has 2 aromatic heterocycles. The quantitative estimate of drug-likeness (QED) is 0.166. The molecule has 10 aromatic rings. The van der Waals surface area contributed by atoms with E-state index in [-0.39, 0.29) is 5.41 Å². The van der Waals surface area contributed by atoms with Gasteiger partial charge in [-0.1, -0.05) is 159 Å². The minimum absolute atomic E-state index is 0.279. The average molecular weight is 728 g/mol. The number of aromatic nitrogens is 3. The molecule has 3 heteroatoms. The molecule has 3 nitrogen and oxygen atoms in total. The number of benzene rings is 8. The minimum Gasteiger partial charge on any atom is -0.264 e. The standard InChI is InChI=1S/C54H37N3/c1-54(2)49-25-8-7-24-47(49)52-50(54)51(56-53(57-52)40-18-11-16-37(31-40)41-19-12-28-55-33-41)39-17-10-15-36(30-39)34-13-9-14-35(29-34)38-26-27-46-44-22-4-3-20-42(44)43-21-5-6-23-45(43)48(46)32-38/h3-33H,1-2H3. The first kappa shape index (κ1) is 33.1. The van der Waals surface area contributed by atoms with Gasteiger partial charge in [-0.25, -0.2) is 9.97 Å². The van der Waals surface area contributed by atoms with Crippen molar-refractivity contribution in [2.24, 2.45) is 0 Å². The van der Waals surface area contributed by atoms with Gasteiger partial charge in [-0.2, -0.15) is 0 Å². The minimum atomic E-state index is -0.279. The largest absolute Gasteiger partial charge is 0.264 e. The van der Waals surface area contributed by atoms with Crippen molar-refractivity contribution in [1.82, 2.24) is 15.0 Å². The molecule has 0 N–H and O–H groups in total. The number of nitrogens with zero attached hydrogens (tertiary/aromatic N) is 3. The number of rotatable bonds is 5. The normalized spacial score (nSPS) is 12.9. The maximum Gasteiger partial charge on any atom is 0.160 e. The summed E-state index contributed by atoms with van der Waals surface area (Å²) in [5, 5.41) is 7.70. The maximum atomic E-state index is 5.45. The van der Waals surface area contributed by atoms with Crippen LogP contribution in [0.1, 0.15) is 25.0 Å². The third kappa shape index (κ3) is 5.38. The molecule has 11 rings (SSSR count). The summed E-state index contributed by atoms with van der Waals surface area (Å²) in [6, 6.07) is 63.5. The molecule has 0 saturated carbocycles. The van der Waals surface area contributed by atoms with Crippen LogP contribution in [0.5, 0.6) is 0 Å². The lowest BCUT2D eigenvalue weighted by molar-refractivity contribution is 0.658. The molecule has 0 aliphatic heterocycles. The Bertz CT molecular complexity index is 3180. The fourth-order valence-corrected chi connectivity index (χ4v) is 9.14. The fraction of sp³-hybridized carbons (Fsp3) is 0.0556. The molecule has 1 aliphatic rings. The number of pyridine rings is 1. The molecule has 0 atom stereocenters. The van der Waals surface area contributed by atoms with Gasteiger partial charge in [0.2, 0.25) is 0 Å². The molecule has 268 valence electrons. The van der Waals surface area contributed by atoms with Gasteiger partial charge in [-0.3, -0.25) is 4.98 Å². The van der Waals surface area contributed by atoms with Crippen molar-refractivity contribution in [3.63, 3.8) is 0 Å². The lowest BCUT2D eigenvalue weighted by atomic mass is 9.80. The smallest absolute Gasteiger partial charge is 0.160 e. The molecule has 57 heavy (non-hydrogen) atoms. The second-order valence-electron chi connectivity index (χ2n) is 15.6. The van der Waals surface area contributed by atoms with E-state index < -0.39 is 0 Å². The van der Waals surface area contributed by atoms with E-state index in [1.54, 1.807) is 6.20 Å². The first-order valence-electron chi connectivity index (χ1n) is 19.6. The van der Waals surface area contributed by atoms with Crippen LogP contribution in [-0.2, 0) is 5.41 Å². The van der Waals surface area contributed by atoms with Crippen LogP contribution in [0.15, 0.2) is 188 Å². The van der Waals surface area contributed by atoms with Crippen LogP contribution in [0.2, 0.25) is 0 Å². The zero-order valence-corrected chi connectivity index (χ0v) is 31.7. The molecule has 0 unspecified atom stereocenters. The van der Waals surface area contributed by atoms with Crippen LogP contribution in [0.4, 0.5) is 0 Å². The van der Waals surface area contributed by atoms with E-state index in [1.807, 2.05) is 12.3 Å². The van der Waals surface area contributed by atoms with Gasteiger partial charge in [0.25, 0.3) is 0 Å². The monoisotopic (exact) mass is 727 g/mol. The Morgan fingerprint density at radius 3 is 1.53 bits per heavy atom. The summed E-state index contributed by atoms with van der Waals surface area (Å²) in [4.78, 5) is 15.1. The Morgan fingerprint density at radius 2 is 0.860 bits per heavy atom. The Morgan fingerprint density at radius 1 is 0.368 bits per heavy atom. The summed E-state index contributed by atoms with van der Waals surface area (Å²) >= 11 is 0. The van der Waals surface area contributed by atoms with Crippen LogP contribution in [0.25, 0.3) is 99.6 Å². The highest BCUT2D eigenvalue weighted by Crippen LogP contribution is 2.51. The molecule has 2 heterocycles. The zero-order chi connectivity index (χ0) is 38.1. The van der Waals surface area contributed by atoms with Gasteiger partial charge in [-0.15, -0.1) is 0 Å². The molecule has 0 saturated heterocycles. The van der Waals surface area contributed by atoms with Crippen LogP contribution in [0.3, 0.4) is 0 Å². The highest BCUT2D eigenvalue weighted by molar-refractivity contribution is 6.25. The van der Waals surface area contributed by atoms with Gasteiger partial charge >= 0.3 is 0 Å². The van der Waals surface area contributed by atoms with E-state index in [2.05, 4.69) is 189 Å². The number of hydrogen-bond acceptors (Lipinski definition) is 3. The van der Waals surface area contributed by atoms with E-state index in [9.17, 15) is 0 Å². The first-order valence-corrected chi connectivity index (χ1v) is 19.6. The van der Waals surface area contributed by atoms with Gasteiger partial charge in [0.15, 0.2) is 5.82 Å². The second kappa shape index (κ2) is 12.9. The molecule has 0 bridgehead atoms. The van der Waals surface area contributed by atoms with Gasteiger partial charge in [0.1, 0.15) is 0 Å². The highest BCUT2D eigenvalue weighted by atomic mass is 14.9. The number of fused-ring (bicyclic) bond motifs is 9. The predicted molar refractivity (Wildman–Crippen MR) is 237 cm³/mol. The SMILES string of the molecule is CC1(C)c2ccccc2-c2nc(-c3cccc(-c4cccnc4)c3)nc(-c3cccc(-c4cccc(-c5ccc6c7ccccc7c7ccccc7c6c5)c4)c3)c21. The predicted octanol–water partition coefficient (Wildman–Crippen LogP) is 14.0. The summed E-state index contributed by atoms with van der Waals surface area (Å²) < 4.78 is 0. The molecular formula is C54H37N3. The van der Waals surface area contributed by atoms with Crippen molar-refractivity contribution in [3.8, 4) is 67.3 Å². The fourth-order valence-electron chi connectivity index (χ4n) is 9.14. The van der Waals surface area contributed by atoms with Gasteiger partial charge in [0.05, 0.1) is 11.4 Å². The van der Waals surface area contributed by atoms with Crippen molar-refractivity contribution >= 4 is 32.3 Å². The van der Waals surface area contributed by atoms with E-state index in [1.165, 1.54) is 54.6 Å². The Hall–Kier alpha value is -7.23. The van der Waals surface area contributed by atoms with Crippen LogP contribution >= 0.6 is 0 Å². The molecule has 0 spiro atoms. The lowest BCUT2D eigenvalue weighted by Crippen LogP contribution is -2.17. The van der Waals surface area contributed by atoms with Gasteiger partial charge < -0.3 is 0 Å². The summed E-state index contributed by atoms with van der Waals surface area (Å²) in [5.41, 5.74) is 14.2. The van der Waals surface area contributed by atoms with Crippen LogP contribution in [-0.4, -0.2) is 15.0 Å². The number of hydrogen-bond donors (Lipinski definition) is 0. The van der Waals surface area contributed by atoms with Crippen molar-refractivity contribution < 1.29 is 0 Å². The van der Waals surface area contributed by atoms with Crippen molar-refractivity contribution in [1.29, 1.82) is 0 Å². The van der Waals surface area contributed by atoms with E-state index in [0.717, 1.165) is 50.3 Å². The third-order valence-electron chi connectivity index (χ3n) is 11.9. The second-order valence-corrected chi connectivity index (χ2v) is 15.6. The average Bonchev–Trinajstić information content (AvgIpc) is 3.52. The maximum absolute atomic E-state index is 5.45. The molecule has 0 amide bonds. The Balaban J connectivity index is 1.04. The van der Waals surface area contributed by atoms with E-state index >= 15 is 0 Å². The van der Waals surface area contributed by atoms with E-state index in [0.29, 0.717) is 5.82 Å². The first-order chi connectivity index (χ1) is 28.0. The third-order valence-corrected chi connectivity index (χ3v) is 11.9. The highest BCUT2D eigenvalue weighted by Gasteiger charge is 2.40. The summed E-state index contributed by atoms with van der Waals surface area (Å²) in [5.74, 6) is 0.714. The van der Waals surface area contributed by atoms with Crippen molar-refractivity contribution in [2.45, 2.75) is 19.3 Å². The molecule has 0 radical (unpaired) electrons. The van der Waals surface area contributed by atoms with E-state index in [4.69, 9.17) is 9.97 Å². The zero-order valence-electron chi connectivity index (χ0n) is 31.7. The topological polar surface area (TPSA) is 38.7 Å². The summed E-state index contributed by atoms with van der Waals surface area (Å²) in [7, 11) is 0. The lowest BCUT2D eigenvalue weighted by Gasteiger charge is -2.24. The molecule has 0 fully saturated rings. The Kier molecular flexibility index (Phi) is 7.52. The molecule has 1 aliphatic carbocycles. The van der Waals surface area contributed by atoms with Crippen LogP contribution in [0, 0.1) is 0 Å². The van der Waals surface area contributed by atoms with Gasteiger partial charge in [0, 0.05) is 45.6 Å². The van der Waals surface area contributed by atoms with Crippen molar-refractivity contribution in [2.75, 3.05) is 0 Å². The molecular weight excluding hydrogens is 691 g/mol. The van der Waals surface area contributed by atoms with Crippen LogP contribution < -0.4 is 0 Å². The van der Waals surface area contributed by atoms with Crippen molar-refractivity contribution in [3.05, 3.63) is 199 Å². The Labute approximate surface area is 332 Å². The molecule has 8 aromatic carbocycles. The van der Waals surface area contributed by atoms with Gasteiger partial charge in [-0.05, 0) is 96.0 Å². The summed E-state index contributed by atoms with van der Waals surface area (Å²) in [6.07, 6.45) is 3.70. The summed E-state index contributed by atoms with van der Waals surface area (Å²) in [6.45, 7) is 4.60.